The van der Waals surface area contributed by atoms with Gasteiger partial charge in [0.2, 0.25) is 0 Å². The van der Waals surface area contributed by atoms with Crippen LogP contribution in [-0.4, -0.2) is 33.2 Å². The van der Waals surface area contributed by atoms with Gasteiger partial charge < -0.3 is 14.2 Å². The van der Waals surface area contributed by atoms with E-state index in [2.05, 4.69) is 0 Å². The Morgan fingerprint density at radius 1 is 1.40 bits per heavy atom. The van der Waals surface area contributed by atoms with Crippen molar-refractivity contribution in [1.29, 1.82) is 0 Å². The second kappa shape index (κ2) is 3.91. The lowest BCUT2D eigenvalue weighted by molar-refractivity contribution is -0.125. The Bertz CT molecular complexity index is 94.9. The van der Waals surface area contributed by atoms with Gasteiger partial charge in [0.1, 0.15) is 0 Å². The van der Waals surface area contributed by atoms with Gasteiger partial charge in [-0.2, -0.15) is 0 Å². The molecule has 1 aliphatic rings. The lowest BCUT2D eigenvalue weighted by Gasteiger charge is -2.10. The zero-order valence-corrected chi connectivity index (χ0v) is 6.50. The van der Waals surface area contributed by atoms with E-state index in [1.807, 2.05) is 0 Å². The molecule has 1 aliphatic heterocycles. The van der Waals surface area contributed by atoms with E-state index in [0.29, 0.717) is 6.61 Å². The first kappa shape index (κ1) is 7.98. The molecular weight excluding hydrogens is 132 g/mol. The van der Waals surface area contributed by atoms with Crippen molar-refractivity contribution < 1.29 is 14.2 Å². The van der Waals surface area contributed by atoms with Gasteiger partial charge in [-0.25, -0.2) is 0 Å². The molecule has 0 amide bonds. The average molecular weight is 146 g/mol. The minimum atomic E-state index is 0.000139. The Morgan fingerprint density at radius 3 is 2.70 bits per heavy atom. The van der Waals surface area contributed by atoms with Crippen molar-refractivity contribution in [2.75, 3.05) is 20.8 Å². The molecule has 1 fully saturated rings. The second-order valence-electron chi connectivity index (χ2n) is 2.46. The SMILES string of the molecule is COCC1CCC(OC)O1. The van der Waals surface area contributed by atoms with Gasteiger partial charge in [0.25, 0.3) is 0 Å². The zero-order chi connectivity index (χ0) is 7.40. The molecule has 3 nitrogen and oxygen atoms in total. The van der Waals surface area contributed by atoms with Gasteiger partial charge in [0.05, 0.1) is 12.7 Å². The largest absolute Gasteiger partial charge is 0.382 e. The summed E-state index contributed by atoms with van der Waals surface area (Å²) in [6.45, 7) is 0.680. The number of hydrogen-bond donors (Lipinski definition) is 0. The Balaban J connectivity index is 2.15. The lowest BCUT2D eigenvalue weighted by atomic mass is 10.2. The fourth-order valence-electron chi connectivity index (χ4n) is 1.15. The van der Waals surface area contributed by atoms with Gasteiger partial charge in [-0.05, 0) is 6.42 Å². The molecule has 10 heavy (non-hydrogen) atoms. The number of ether oxygens (including phenoxy) is 3. The van der Waals surface area contributed by atoms with Crippen LogP contribution >= 0.6 is 0 Å². The van der Waals surface area contributed by atoms with Crippen LogP contribution in [0.15, 0.2) is 0 Å². The summed E-state index contributed by atoms with van der Waals surface area (Å²) >= 11 is 0. The van der Waals surface area contributed by atoms with Crippen molar-refractivity contribution in [3.63, 3.8) is 0 Å². The van der Waals surface area contributed by atoms with Crippen molar-refractivity contribution >= 4 is 0 Å². The third-order valence-corrected chi connectivity index (χ3v) is 1.68. The summed E-state index contributed by atoms with van der Waals surface area (Å²) in [7, 11) is 3.35. The van der Waals surface area contributed by atoms with Gasteiger partial charge in [0.15, 0.2) is 6.29 Å². The van der Waals surface area contributed by atoms with Crippen LogP contribution in [-0.2, 0) is 14.2 Å². The van der Waals surface area contributed by atoms with Gasteiger partial charge in [-0.1, -0.05) is 0 Å². The molecule has 0 saturated carbocycles. The molecule has 60 valence electrons. The normalized spacial score (nSPS) is 33.0. The third kappa shape index (κ3) is 1.94. The highest BCUT2D eigenvalue weighted by molar-refractivity contribution is 4.66. The summed E-state index contributed by atoms with van der Waals surface area (Å²) in [6, 6.07) is 0. The molecule has 3 heteroatoms. The van der Waals surface area contributed by atoms with E-state index in [4.69, 9.17) is 14.2 Å². The Kier molecular flexibility index (Phi) is 3.12. The van der Waals surface area contributed by atoms with Crippen LogP contribution in [0.5, 0.6) is 0 Å². The number of methoxy groups -OCH3 is 2. The summed E-state index contributed by atoms with van der Waals surface area (Å²) < 4.78 is 15.4. The van der Waals surface area contributed by atoms with Crippen molar-refractivity contribution in [2.45, 2.75) is 25.2 Å². The molecule has 0 spiro atoms. The van der Waals surface area contributed by atoms with Crippen LogP contribution in [0.2, 0.25) is 0 Å². The van der Waals surface area contributed by atoms with Gasteiger partial charge in [-0.15, -0.1) is 0 Å². The van der Waals surface area contributed by atoms with Gasteiger partial charge >= 0.3 is 0 Å². The van der Waals surface area contributed by atoms with Crippen molar-refractivity contribution in [2.24, 2.45) is 0 Å². The highest BCUT2D eigenvalue weighted by Crippen LogP contribution is 2.19. The Hall–Kier alpha value is -0.120. The van der Waals surface area contributed by atoms with Crippen LogP contribution in [0.25, 0.3) is 0 Å². The zero-order valence-electron chi connectivity index (χ0n) is 6.50. The molecule has 1 heterocycles. The molecule has 0 bridgehead atoms. The fourth-order valence-corrected chi connectivity index (χ4v) is 1.15. The summed E-state index contributed by atoms with van der Waals surface area (Å²) in [6.07, 6.45) is 2.28. The van der Waals surface area contributed by atoms with Gasteiger partial charge in [0, 0.05) is 20.6 Å². The average Bonchev–Trinajstić information content (AvgIpc) is 2.37. The fraction of sp³-hybridized carbons (Fsp3) is 1.00. The van der Waals surface area contributed by atoms with E-state index < -0.39 is 0 Å². The van der Waals surface area contributed by atoms with E-state index in [1.54, 1.807) is 14.2 Å². The van der Waals surface area contributed by atoms with Crippen LogP contribution < -0.4 is 0 Å². The van der Waals surface area contributed by atoms with Crippen LogP contribution in [0.4, 0.5) is 0 Å². The van der Waals surface area contributed by atoms with E-state index in [1.165, 1.54) is 0 Å². The van der Waals surface area contributed by atoms with Gasteiger partial charge in [-0.3, -0.25) is 0 Å². The maximum absolute atomic E-state index is 5.40. The summed E-state index contributed by atoms with van der Waals surface area (Å²) in [5.41, 5.74) is 0. The quantitative estimate of drug-likeness (QED) is 0.589. The van der Waals surface area contributed by atoms with Crippen molar-refractivity contribution in [1.82, 2.24) is 0 Å². The Labute approximate surface area is 61.3 Å². The molecule has 0 aromatic carbocycles. The highest BCUT2D eigenvalue weighted by atomic mass is 16.7. The smallest absolute Gasteiger partial charge is 0.157 e. The molecule has 0 aromatic rings. The molecule has 0 radical (unpaired) electrons. The second-order valence-corrected chi connectivity index (χ2v) is 2.46. The lowest BCUT2D eigenvalue weighted by Crippen LogP contribution is -2.16. The molecule has 0 aliphatic carbocycles. The molecule has 2 unspecified atom stereocenters. The summed E-state index contributed by atoms with van der Waals surface area (Å²) in [5, 5.41) is 0. The first-order chi connectivity index (χ1) is 4.86. The monoisotopic (exact) mass is 146 g/mol. The van der Waals surface area contributed by atoms with Crippen LogP contribution in [0.3, 0.4) is 0 Å². The highest BCUT2D eigenvalue weighted by Gasteiger charge is 2.24. The molecule has 1 saturated heterocycles. The number of hydrogen-bond acceptors (Lipinski definition) is 3. The minimum Gasteiger partial charge on any atom is -0.382 e. The predicted molar refractivity (Wildman–Crippen MR) is 36.8 cm³/mol. The van der Waals surface area contributed by atoms with E-state index in [-0.39, 0.29) is 12.4 Å². The van der Waals surface area contributed by atoms with Crippen molar-refractivity contribution in [3.05, 3.63) is 0 Å². The molecule has 0 N–H and O–H groups in total. The predicted octanol–water partition coefficient (Wildman–Crippen LogP) is 0.784. The van der Waals surface area contributed by atoms with E-state index in [0.717, 1.165) is 12.8 Å². The van der Waals surface area contributed by atoms with E-state index in [9.17, 15) is 0 Å². The molecule has 2 atom stereocenters. The van der Waals surface area contributed by atoms with Crippen molar-refractivity contribution in [3.8, 4) is 0 Å². The molecule has 0 aromatic heterocycles. The molecule has 1 rings (SSSR count). The Morgan fingerprint density at radius 2 is 2.20 bits per heavy atom. The molecular formula is C7H14O3. The standard InChI is InChI=1S/C7H14O3/c1-8-5-6-3-4-7(9-2)10-6/h6-7H,3-5H2,1-2H3. The van der Waals surface area contributed by atoms with E-state index >= 15 is 0 Å². The van der Waals surface area contributed by atoms with Crippen LogP contribution in [0.1, 0.15) is 12.8 Å². The topological polar surface area (TPSA) is 27.7 Å². The minimum absolute atomic E-state index is 0.000139. The summed E-state index contributed by atoms with van der Waals surface area (Å²) in [4.78, 5) is 0. The summed E-state index contributed by atoms with van der Waals surface area (Å²) in [5.74, 6) is 0. The van der Waals surface area contributed by atoms with Crippen LogP contribution in [0, 0.1) is 0 Å². The first-order valence-electron chi connectivity index (χ1n) is 3.54. The first-order valence-corrected chi connectivity index (χ1v) is 3.54. The number of rotatable bonds is 3. The third-order valence-electron chi connectivity index (χ3n) is 1.68. The maximum atomic E-state index is 5.40. The maximum Gasteiger partial charge on any atom is 0.157 e.